The Morgan fingerprint density at radius 1 is 1.21 bits per heavy atom. The minimum absolute atomic E-state index is 0.00280. The molecule has 0 spiro atoms. The third-order valence-corrected chi connectivity index (χ3v) is 5.89. The second kappa shape index (κ2) is 9.82. The Morgan fingerprint density at radius 2 is 2.00 bits per heavy atom. The molecule has 0 N–H and O–H groups in total. The van der Waals surface area contributed by atoms with Gasteiger partial charge in [0.2, 0.25) is 5.75 Å². The number of hydrogen-bond acceptors (Lipinski definition) is 6. The normalized spacial score (nSPS) is 11.3. The van der Waals surface area contributed by atoms with Crippen LogP contribution in [0.5, 0.6) is 5.75 Å². The summed E-state index contributed by atoms with van der Waals surface area (Å²) in [7, 11) is 0. The van der Waals surface area contributed by atoms with Crippen molar-refractivity contribution in [3.8, 4) is 5.75 Å². The number of nitro benzene ring substituents is 1. The molecule has 11 heteroatoms. The molecule has 34 heavy (non-hydrogen) atoms. The van der Waals surface area contributed by atoms with Crippen molar-refractivity contribution in [3.63, 3.8) is 0 Å². The van der Waals surface area contributed by atoms with Crippen LogP contribution in [0.1, 0.15) is 17.0 Å². The first-order chi connectivity index (χ1) is 16.2. The number of ether oxygens (including phenoxy) is 1. The zero-order chi connectivity index (χ0) is 24.4. The van der Waals surface area contributed by atoms with Gasteiger partial charge in [-0.1, -0.05) is 28.1 Å². The minimum Gasteiger partial charge on any atom is -0.481 e. The minimum atomic E-state index is -0.588. The predicted octanol–water partition coefficient (Wildman–Crippen LogP) is 5.74. The lowest BCUT2D eigenvalue weighted by Gasteiger charge is -2.10. The van der Waals surface area contributed by atoms with Crippen molar-refractivity contribution < 1.29 is 14.1 Å². The number of nitro groups is 1. The van der Waals surface area contributed by atoms with Gasteiger partial charge >= 0.3 is 5.69 Å². The summed E-state index contributed by atoms with van der Waals surface area (Å²) in [6.07, 6.45) is 1.33. The van der Waals surface area contributed by atoms with Gasteiger partial charge in [-0.3, -0.25) is 14.9 Å². The highest BCUT2D eigenvalue weighted by atomic mass is 79.9. The third-order valence-electron chi connectivity index (χ3n) is 4.81. The van der Waals surface area contributed by atoms with Crippen molar-refractivity contribution in [3.05, 3.63) is 107 Å². The van der Waals surface area contributed by atoms with Gasteiger partial charge in [-0.25, -0.2) is 9.37 Å². The Labute approximate surface area is 209 Å². The molecule has 0 fully saturated rings. The van der Waals surface area contributed by atoms with Crippen LogP contribution >= 0.6 is 31.9 Å². The molecule has 172 valence electrons. The molecule has 4 aromatic rings. The summed E-state index contributed by atoms with van der Waals surface area (Å²) in [5.41, 5.74) is 0.741. The van der Waals surface area contributed by atoms with Crippen molar-refractivity contribution in [1.82, 2.24) is 9.66 Å². The average Bonchev–Trinajstić information content (AvgIpc) is 2.78. The van der Waals surface area contributed by atoms with Gasteiger partial charge in [-0.2, -0.15) is 9.78 Å². The van der Waals surface area contributed by atoms with Gasteiger partial charge in [0.15, 0.2) is 0 Å². The summed E-state index contributed by atoms with van der Waals surface area (Å²) in [6, 6.07) is 13.8. The fraction of sp³-hybridized carbons (Fsp3) is 0.0870. The van der Waals surface area contributed by atoms with E-state index in [1.165, 1.54) is 30.5 Å². The summed E-state index contributed by atoms with van der Waals surface area (Å²) >= 11 is 6.64. The van der Waals surface area contributed by atoms with E-state index in [1.54, 1.807) is 37.3 Å². The van der Waals surface area contributed by atoms with E-state index in [0.29, 0.717) is 32.3 Å². The van der Waals surface area contributed by atoms with E-state index >= 15 is 0 Å². The van der Waals surface area contributed by atoms with E-state index in [4.69, 9.17) is 4.74 Å². The average molecular weight is 590 g/mol. The molecule has 1 aromatic heterocycles. The van der Waals surface area contributed by atoms with E-state index in [2.05, 4.69) is 41.9 Å². The van der Waals surface area contributed by atoms with Crippen LogP contribution < -0.4 is 10.3 Å². The highest BCUT2D eigenvalue weighted by Gasteiger charge is 2.20. The highest BCUT2D eigenvalue weighted by molar-refractivity contribution is 9.10. The molecule has 0 saturated heterocycles. The summed E-state index contributed by atoms with van der Waals surface area (Å²) in [4.78, 5) is 28.4. The van der Waals surface area contributed by atoms with Crippen molar-refractivity contribution >= 4 is 54.7 Å². The summed E-state index contributed by atoms with van der Waals surface area (Å²) in [6.45, 7) is 1.58. The molecule has 0 atom stereocenters. The molecule has 0 aliphatic carbocycles. The topological polar surface area (TPSA) is 99.6 Å². The lowest BCUT2D eigenvalue weighted by molar-refractivity contribution is -0.386. The van der Waals surface area contributed by atoms with Gasteiger partial charge in [0.05, 0.1) is 26.5 Å². The van der Waals surface area contributed by atoms with Crippen LogP contribution in [0, 0.1) is 22.9 Å². The molecule has 0 saturated carbocycles. The van der Waals surface area contributed by atoms with Crippen LogP contribution in [0.2, 0.25) is 0 Å². The fourth-order valence-electron chi connectivity index (χ4n) is 3.25. The number of nitrogens with zero attached hydrogens (tertiary/aromatic N) is 4. The maximum absolute atomic E-state index is 13.4. The maximum atomic E-state index is 13.4. The van der Waals surface area contributed by atoms with Gasteiger partial charge < -0.3 is 4.74 Å². The standard InChI is InChI=1S/C23H15Br2FN4O4/c1-13-28-20-6-5-16(24)10-18(20)23(31)29(13)27-11-15-8-19(25)22(21(9-15)30(32)33)34-12-14-3-2-4-17(26)7-14/h2-11H,12H2,1H3. The SMILES string of the molecule is Cc1nc2ccc(Br)cc2c(=O)n1N=Cc1cc(Br)c(OCc2cccc(F)c2)c([N+](=O)[O-])c1. The predicted molar refractivity (Wildman–Crippen MR) is 133 cm³/mol. The highest BCUT2D eigenvalue weighted by Crippen LogP contribution is 2.36. The quantitative estimate of drug-likeness (QED) is 0.162. The van der Waals surface area contributed by atoms with Crippen molar-refractivity contribution in [1.29, 1.82) is 0 Å². The fourth-order valence-corrected chi connectivity index (χ4v) is 4.20. The van der Waals surface area contributed by atoms with Gasteiger partial charge in [0.25, 0.3) is 5.56 Å². The van der Waals surface area contributed by atoms with E-state index in [1.807, 2.05) is 0 Å². The monoisotopic (exact) mass is 588 g/mol. The third kappa shape index (κ3) is 5.05. The number of halogens is 3. The van der Waals surface area contributed by atoms with Gasteiger partial charge in [0, 0.05) is 16.1 Å². The second-order valence-corrected chi connectivity index (χ2v) is 8.98. The Hall–Kier alpha value is -3.44. The number of hydrogen-bond donors (Lipinski definition) is 0. The number of fused-ring (bicyclic) bond motifs is 1. The van der Waals surface area contributed by atoms with E-state index in [-0.39, 0.29) is 23.6 Å². The van der Waals surface area contributed by atoms with Gasteiger partial charge in [-0.05, 0) is 64.8 Å². The molecule has 0 aliphatic heterocycles. The molecule has 0 amide bonds. The van der Waals surface area contributed by atoms with Crippen molar-refractivity contribution in [2.45, 2.75) is 13.5 Å². The molecule has 0 unspecified atom stereocenters. The molecule has 8 nitrogen and oxygen atoms in total. The molecule has 4 rings (SSSR count). The lowest BCUT2D eigenvalue weighted by Crippen LogP contribution is -2.20. The van der Waals surface area contributed by atoms with Crippen molar-refractivity contribution in [2.75, 3.05) is 0 Å². The Morgan fingerprint density at radius 3 is 2.74 bits per heavy atom. The van der Waals surface area contributed by atoms with Crippen LogP contribution in [-0.2, 0) is 6.61 Å². The van der Waals surface area contributed by atoms with Crippen LogP contribution in [-0.4, -0.2) is 20.8 Å². The second-order valence-electron chi connectivity index (χ2n) is 7.21. The zero-order valence-electron chi connectivity index (χ0n) is 17.5. The van der Waals surface area contributed by atoms with Crippen LogP contribution in [0.25, 0.3) is 10.9 Å². The molecule has 1 heterocycles. The number of rotatable bonds is 6. The van der Waals surface area contributed by atoms with E-state index in [0.717, 1.165) is 9.15 Å². The lowest BCUT2D eigenvalue weighted by atomic mass is 10.2. The first-order valence-electron chi connectivity index (χ1n) is 9.81. The zero-order valence-corrected chi connectivity index (χ0v) is 20.7. The van der Waals surface area contributed by atoms with Crippen LogP contribution in [0.15, 0.2) is 73.4 Å². The molecule has 3 aromatic carbocycles. The van der Waals surface area contributed by atoms with E-state index in [9.17, 15) is 19.3 Å². The molecule has 0 bridgehead atoms. The summed E-state index contributed by atoms with van der Waals surface area (Å²) in [5, 5.41) is 16.3. The van der Waals surface area contributed by atoms with Crippen molar-refractivity contribution in [2.24, 2.45) is 5.10 Å². The molecular formula is C23H15Br2FN4O4. The van der Waals surface area contributed by atoms with Crippen LogP contribution in [0.3, 0.4) is 0 Å². The summed E-state index contributed by atoms with van der Waals surface area (Å²) in [5.74, 6) is -0.0704. The Balaban J connectivity index is 1.68. The van der Waals surface area contributed by atoms with Crippen LogP contribution in [0.4, 0.5) is 10.1 Å². The van der Waals surface area contributed by atoms with Gasteiger partial charge in [-0.15, -0.1) is 0 Å². The molecular weight excluding hydrogens is 575 g/mol. The first kappa shape index (κ1) is 23.7. The van der Waals surface area contributed by atoms with Gasteiger partial charge in [0.1, 0.15) is 18.2 Å². The number of aromatic nitrogens is 2. The Bertz CT molecular complexity index is 1520. The number of aryl methyl sites for hydroxylation is 1. The molecule has 0 aliphatic rings. The number of benzene rings is 3. The first-order valence-corrected chi connectivity index (χ1v) is 11.4. The maximum Gasteiger partial charge on any atom is 0.312 e. The smallest absolute Gasteiger partial charge is 0.312 e. The van der Waals surface area contributed by atoms with E-state index < -0.39 is 10.7 Å². The molecule has 0 radical (unpaired) electrons. The largest absolute Gasteiger partial charge is 0.481 e. The Kier molecular flexibility index (Phi) is 6.85. The summed E-state index contributed by atoms with van der Waals surface area (Å²) < 4.78 is 21.2.